The number of hydrogen-bond acceptors (Lipinski definition) is 4. The monoisotopic (exact) mass is 324 g/mol. The van der Waals surface area contributed by atoms with Crippen LogP contribution >= 0.6 is 11.3 Å². The molecule has 0 spiro atoms. The summed E-state index contributed by atoms with van der Waals surface area (Å²) in [5, 5.41) is 9.97. The molecule has 5 heteroatoms. The van der Waals surface area contributed by atoms with E-state index in [0.29, 0.717) is 5.56 Å². The van der Waals surface area contributed by atoms with Crippen LogP contribution in [0.1, 0.15) is 20.9 Å². The number of aromatic carboxylic acids is 1. The fraction of sp³-hybridized carbons (Fsp3) is 0.222. The van der Waals surface area contributed by atoms with Crippen LogP contribution in [0.5, 0.6) is 0 Å². The van der Waals surface area contributed by atoms with Crippen LogP contribution < -0.4 is 0 Å². The Morgan fingerprint density at radius 2 is 1.91 bits per heavy atom. The molecule has 2 aromatic rings. The average molecular weight is 324 g/mol. The van der Waals surface area contributed by atoms with Gasteiger partial charge in [0.15, 0.2) is 0 Å². The van der Waals surface area contributed by atoms with Crippen molar-refractivity contribution in [3.63, 3.8) is 0 Å². The summed E-state index contributed by atoms with van der Waals surface area (Å²) in [7, 11) is 0. The number of nitrogens with zero attached hydrogens (tertiary/aromatic N) is 2. The lowest BCUT2D eigenvalue weighted by Gasteiger charge is -2.26. The summed E-state index contributed by atoms with van der Waals surface area (Å²) in [5.41, 5.74) is 3.82. The maximum absolute atomic E-state index is 10.9. The molecule has 4 nitrogen and oxygen atoms in total. The molecule has 0 fully saturated rings. The molecule has 1 aromatic carbocycles. The number of carboxylic acids is 1. The second-order valence-electron chi connectivity index (χ2n) is 5.71. The molecule has 1 aliphatic heterocycles. The van der Waals surface area contributed by atoms with E-state index in [1.807, 2.05) is 12.1 Å². The molecule has 1 N–H and O–H groups in total. The van der Waals surface area contributed by atoms with Gasteiger partial charge in [-0.2, -0.15) is 0 Å². The predicted molar refractivity (Wildman–Crippen MR) is 90.7 cm³/mol. The van der Waals surface area contributed by atoms with Gasteiger partial charge in [-0.05, 0) is 24.3 Å². The lowest BCUT2D eigenvalue weighted by atomic mass is 10.1. The zero-order valence-corrected chi connectivity index (χ0v) is 13.3. The molecular weight excluding hydrogens is 308 g/mol. The van der Waals surface area contributed by atoms with Gasteiger partial charge in [-0.25, -0.2) is 9.78 Å². The van der Waals surface area contributed by atoms with E-state index in [0.717, 1.165) is 36.5 Å². The Kier molecular flexibility index (Phi) is 3.50. The molecular formula is C18H16N2O2S. The van der Waals surface area contributed by atoms with Crippen LogP contribution in [0.4, 0.5) is 0 Å². The summed E-state index contributed by atoms with van der Waals surface area (Å²) in [6, 6.07) is 6.97. The number of aromatic nitrogens is 1. The van der Waals surface area contributed by atoms with Crippen molar-refractivity contribution in [2.45, 2.75) is 12.8 Å². The highest BCUT2D eigenvalue weighted by molar-refractivity contribution is 7.15. The lowest BCUT2D eigenvalue weighted by Crippen LogP contribution is -2.26. The zero-order chi connectivity index (χ0) is 15.8. The second-order valence-corrected chi connectivity index (χ2v) is 6.79. The number of hydrogen-bond donors (Lipinski definition) is 1. The lowest BCUT2D eigenvalue weighted by molar-refractivity contribution is 0.0697. The molecule has 2 aliphatic rings. The highest BCUT2D eigenvalue weighted by Gasteiger charge is 2.20. The Morgan fingerprint density at radius 3 is 2.57 bits per heavy atom. The normalized spacial score (nSPS) is 16.3. The van der Waals surface area contributed by atoms with Gasteiger partial charge in [0.1, 0.15) is 5.01 Å². The maximum Gasteiger partial charge on any atom is 0.335 e. The Morgan fingerprint density at radius 1 is 1.17 bits per heavy atom. The summed E-state index contributed by atoms with van der Waals surface area (Å²) in [4.78, 5) is 19.5. The quantitative estimate of drug-likeness (QED) is 0.940. The SMILES string of the molecule is O=C(O)c1ccc(-c2nc3c(s2)CCN(C2=CC=C2)CC3)cc1. The van der Waals surface area contributed by atoms with Crippen LogP contribution in [0.15, 0.2) is 48.2 Å². The smallest absolute Gasteiger partial charge is 0.335 e. The van der Waals surface area contributed by atoms with Crippen molar-refractivity contribution in [1.82, 2.24) is 9.88 Å². The standard InChI is InChI=1S/C18H16N2O2S/c21-18(22)13-6-4-12(5-7-13)17-19-15-8-10-20(14-2-1-3-14)11-9-16(15)23-17/h1-7H,8-11H2,(H,21,22). The van der Waals surface area contributed by atoms with Crippen LogP contribution in [0.2, 0.25) is 0 Å². The van der Waals surface area contributed by atoms with Gasteiger partial charge in [0, 0.05) is 42.1 Å². The first-order valence-corrected chi connectivity index (χ1v) is 8.48. The molecule has 4 rings (SSSR count). The van der Waals surface area contributed by atoms with Crippen molar-refractivity contribution in [3.05, 3.63) is 64.3 Å². The Bertz CT molecular complexity index is 793. The van der Waals surface area contributed by atoms with E-state index >= 15 is 0 Å². The predicted octanol–water partition coefficient (Wildman–Crippen LogP) is 3.36. The Balaban J connectivity index is 1.54. The molecule has 116 valence electrons. The third-order valence-corrected chi connectivity index (χ3v) is 5.49. The van der Waals surface area contributed by atoms with Crippen LogP contribution in [-0.2, 0) is 12.8 Å². The van der Waals surface area contributed by atoms with Gasteiger partial charge in [0.2, 0.25) is 0 Å². The van der Waals surface area contributed by atoms with Gasteiger partial charge in [0.25, 0.3) is 0 Å². The summed E-state index contributed by atoms with van der Waals surface area (Å²) < 4.78 is 0. The number of carbonyl (C=O) groups is 1. The molecule has 23 heavy (non-hydrogen) atoms. The fourth-order valence-corrected chi connectivity index (χ4v) is 4.00. The molecule has 0 saturated carbocycles. The first-order valence-electron chi connectivity index (χ1n) is 7.66. The molecule has 0 amide bonds. The van der Waals surface area contributed by atoms with Gasteiger partial charge in [0.05, 0.1) is 11.3 Å². The van der Waals surface area contributed by atoms with Crippen LogP contribution in [-0.4, -0.2) is 34.0 Å². The van der Waals surface area contributed by atoms with E-state index in [4.69, 9.17) is 10.1 Å². The molecule has 0 unspecified atom stereocenters. The minimum atomic E-state index is -0.897. The average Bonchev–Trinajstić information content (AvgIpc) is 2.82. The maximum atomic E-state index is 10.9. The number of fused-ring (bicyclic) bond motifs is 1. The molecule has 1 aromatic heterocycles. The molecule has 0 saturated heterocycles. The highest BCUT2D eigenvalue weighted by Crippen LogP contribution is 2.31. The molecule has 0 atom stereocenters. The fourth-order valence-electron chi connectivity index (χ4n) is 2.89. The first-order chi connectivity index (χ1) is 11.2. The van der Waals surface area contributed by atoms with Crippen LogP contribution in [0.3, 0.4) is 0 Å². The summed E-state index contributed by atoms with van der Waals surface area (Å²) in [5.74, 6) is -0.897. The van der Waals surface area contributed by atoms with E-state index in [2.05, 4.69) is 23.1 Å². The summed E-state index contributed by atoms with van der Waals surface area (Å²) in [6.45, 7) is 2.03. The Hall–Kier alpha value is -2.40. The van der Waals surface area contributed by atoms with E-state index in [9.17, 15) is 4.79 Å². The van der Waals surface area contributed by atoms with Gasteiger partial charge < -0.3 is 10.0 Å². The van der Waals surface area contributed by atoms with Crippen molar-refractivity contribution in [2.24, 2.45) is 0 Å². The van der Waals surface area contributed by atoms with Gasteiger partial charge in [-0.3, -0.25) is 0 Å². The van der Waals surface area contributed by atoms with Gasteiger partial charge in [-0.15, -0.1) is 11.3 Å². The van der Waals surface area contributed by atoms with Gasteiger partial charge in [-0.1, -0.05) is 18.2 Å². The Labute approximate surface area is 138 Å². The third kappa shape index (κ3) is 2.68. The van der Waals surface area contributed by atoms with Crippen LogP contribution in [0, 0.1) is 0 Å². The largest absolute Gasteiger partial charge is 0.478 e. The number of benzene rings is 1. The third-order valence-electron chi connectivity index (χ3n) is 4.28. The van der Waals surface area contributed by atoms with Crippen molar-refractivity contribution >= 4 is 17.3 Å². The minimum absolute atomic E-state index is 0.310. The highest BCUT2D eigenvalue weighted by atomic mass is 32.1. The number of carboxylic acid groups (broad SMARTS) is 1. The van der Waals surface area contributed by atoms with Crippen molar-refractivity contribution < 1.29 is 9.90 Å². The van der Waals surface area contributed by atoms with Crippen LogP contribution in [0.25, 0.3) is 10.6 Å². The molecule has 2 heterocycles. The summed E-state index contributed by atoms with van der Waals surface area (Å²) in [6.07, 6.45) is 8.37. The van der Waals surface area contributed by atoms with E-state index in [1.165, 1.54) is 16.3 Å². The number of thiazole rings is 1. The topological polar surface area (TPSA) is 53.4 Å². The van der Waals surface area contributed by atoms with E-state index in [1.54, 1.807) is 23.5 Å². The molecule has 1 aliphatic carbocycles. The zero-order valence-electron chi connectivity index (χ0n) is 12.5. The summed E-state index contributed by atoms with van der Waals surface area (Å²) >= 11 is 1.73. The van der Waals surface area contributed by atoms with Crippen molar-refractivity contribution in [1.29, 1.82) is 0 Å². The second kappa shape index (κ2) is 5.66. The number of allylic oxidation sites excluding steroid dienone is 3. The van der Waals surface area contributed by atoms with Crippen molar-refractivity contribution in [3.8, 4) is 10.6 Å². The number of rotatable bonds is 3. The minimum Gasteiger partial charge on any atom is -0.478 e. The van der Waals surface area contributed by atoms with Crippen molar-refractivity contribution in [2.75, 3.05) is 13.1 Å². The molecule has 0 radical (unpaired) electrons. The van der Waals surface area contributed by atoms with Gasteiger partial charge >= 0.3 is 5.97 Å². The van der Waals surface area contributed by atoms with E-state index in [-0.39, 0.29) is 0 Å². The first kappa shape index (κ1) is 14.2. The van der Waals surface area contributed by atoms with E-state index < -0.39 is 5.97 Å². The molecule has 0 bridgehead atoms.